The van der Waals surface area contributed by atoms with E-state index in [4.69, 9.17) is 5.11 Å². The fourth-order valence-electron chi connectivity index (χ4n) is 1.45. The zero-order valence-electron chi connectivity index (χ0n) is 9.90. The average Bonchev–Trinajstić information content (AvgIpc) is 2.22. The van der Waals surface area contributed by atoms with Crippen molar-refractivity contribution in [3.05, 3.63) is 16.9 Å². The van der Waals surface area contributed by atoms with Gasteiger partial charge in [0.1, 0.15) is 0 Å². The van der Waals surface area contributed by atoms with Gasteiger partial charge >= 0.3 is 0 Å². The summed E-state index contributed by atoms with van der Waals surface area (Å²) >= 11 is 0. The molecule has 0 heterocycles. The molecule has 0 bridgehead atoms. The Labute approximate surface area is 88.5 Å². The highest BCUT2D eigenvalue weighted by molar-refractivity contribution is 5.09. The van der Waals surface area contributed by atoms with E-state index in [9.17, 15) is 0 Å². The van der Waals surface area contributed by atoms with Crippen LogP contribution in [0, 0.1) is 0 Å². The molecule has 1 nitrogen and oxygen atoms in total. The van der Waals surface area contributed by atoms with E-state index in [0.717, 1.165) is 25.7 Å². The summed E-state index contributed by atoms with van der Waals surface area (Å²) in [5, 5.41) is 8.92. The molecule has 0 atom stereocenters. The monoisotopic (exact) mass is 196 g/mol. The van der Waals surface area contributed by atoms with E-state index in [1.807, 2.05) is 0 Å². The highest BCUT2D eigenvalue weighted by atomic mass is 16.2. The molecule has 0 aliphatic rings. The maximum atomic E-state index is 8.92. The van der Waals surface area contributed by atoms with Crippen LogP contribution < -0.4 is 0 Å². The quantitative estimate of drug-likeness (QED) is 0.613. The molecular formula is C13H24O. The summed E-state index contributed by atoms with van der Waals surface area (Å²) in [5.74, 6) is 0. The van der Waals surface area contributed by atoms with Crippen LogP contribution in [0.3, 0.4) is 0 Å². The van der Waals surface area contributed by atoms with Crippen LogP contribution in [0.4, 0.5) is 0 Å². The molecule has 0 radical (unpaired) electrons. The lowest BCUT2D eigenvalue weighted by molar-refractivity contribution is 0.297. The molecule has 14 heavy (non-hydrogen) atoms. The third kappa shape index (κ3) is 6.01. The van der Waals surface area contributed by atoms with Gasteiger partial charge in [-0.2, -0.15) is 0 Å². The van der Waals surface area contributed by atoms with E-state index < -0.39 is 0 Å². The van der Waals surface area contributed by atoms with Crippen LogP contribution in [0.2, 0.25) is 0 Å². The van der Waals surface area contributed by atoms with Crippen LogP contribution in [0.15, 0.2) is 16.9 Å². The highest BCUT2D eigenvalue weighted by Crippen LogP contribution is 2.13. The molecule has 0 saturated carbocycles. The Bertz CT molecular complexity index is 191. The Morgan fingerprint density at radius 3 is 2.07 bits per heavy atom. The van der Waals surface area contributed by atoms with Crippen LogP contribution in [0.5, 0.6) is 0 Å². The van der Waals surface area contributed by atoms with Gasteiger partial charge in [0.25, 0.3) is 0 Å². The molecule has 0 spiro atoms. The molecule has 0 aromatic heterocycles. The molecular weight excluding hydrogens is 172 g/mol. The van der Waals surface area contributed by atoms with Crippen molar-refractivity contribution in [2.45, 2.75) is 59.3 Å². The zero-order valence-corrected chi connectivity index (χ0v) is 9.90. The van der Waals surface area contributed by atoms with Crippen LogP contribution in [-0.4, -0.2) is 11.7 Å². The van der Waals surface area contributed by atoms with Crippen LogP contribution in [0.25, 0.3) is 0 Å². The minimum atomic E-state index is 0.257. The van der Waals surface area contributed by atoms with Gasteiger partial charge in [0.15, 0.2) is 0 Å². The van der Waals surface area contributed by atoms with Crippen molar-refractivity contribution in [1.82, 2.24) is 0 Å². The summed E-state index contributed by atoms with van der Waals surface area (Å²) in [4.78, 5) is 0. The minimum absolute atomic E-state index is 0.257. The van der Waals surface area contributed by atoms with Gasteiger partial charge in [-0.3, -0.25) is 0 Å². The van der Waals surface area contributed by atoms with E-state index >= 15 is 0 Å². The van der Waals surface area contributed by atoms with Gasteiger partial charge in [0.05, 0.1) is 0 Å². The predicted molar refractivity (Wildman–Crippen MR) is 62.3 cm³/mol. The van der Waals surface area contributed by atoms with E-state index in [-0.39, 0.29) is 6.61 Å². The number of rotatable bonds is 7. The van der Waals surface area contributed by atoms with Crippen LogP contribution in [0.1, 0.15) is 59.3 Å². The topological polar surface area (TPSA) is 20.2 Å². The number of unbranched alkanes of at least 4 members (excludes halogenated alkanes) is 1. The Balaban J connectivity index is 4.49. The summed E-state index contributed by atoms with van der Waals surface area (Å²) < 4.78 is 0. The first-order valence-electron chi connectivity index (χ1n) is 5.85. The van der Waals surface area contributed by atoms with Gasteiger partial charge in [-0.1, -0.05) is 27.2 Å². The van der Waals surface area contributed by atoms with E-state index in [1.165, 1.54) is 24.0 Å². The van der Waals surface area contributed by atoms with Crippen molar-refractivity contribution in [3.63, 3.8) is 0 Å². The standard InChI is InChI=1S/C13H24O/c1-4-7-8-13(9-10-14)11-12(5-2)6-3/h14H,4-10H2,1-3H3. The normalized spacial score (nSPS) is 9.71. The molecule has 0 saturated heterocycles. The molecule has 0 aromatic carbocycles. The van der Waals surface area contributed by atoms with Gasteiger partial charge in [-0.25, -0.2) is 0 Å². The Morgan fingerprint density at radius 2 is 1.64 bits per heavy atom. The second-order valence-corrected chi connectivity index (χ2v) is 3.62. The van der Waals surface area contributed by atoms with Crippen LogP contribution >= 0.6 is 0 Å². The summed E-state index contributed by atoms with van der Waals surface area (Å²) in [6, 6.07) is 0. The fourth-order valence-corrected chi connectivity index (χ4v) is 1.45. The second-order valence-electron chi connectivity index (χ2n) is 3.62. The molecule has 0 aliphatic carbocycles. The van der Waals surface area contributed by atoms with E-state index in [2.05, 4.69) is 26.5 Å². The minimum Gasteiger partial charge on any atom is -0.396 e. The van der Waals surface area contributed by atoms with Gasteiger partial charge < -0.3 is 5.11 Å². The van der Waals surface area contributed by atoms with E-state index in [1.54, 1.807) is 0 Å². The first-order valence-corrected chi connectivity index (χ1v) is 5.85. The second kappa shape index (κ2) is 9.05. The van der Waals surface area contributed by atoms with Crippen molar-refractivity contribution in [2.24, 2.45) is 0 Å². The summed E-state index contributed by atoms with van der Waals surface area (Å²) in [6.07, 6.45) is 6.48. The molecule has 0 fully saturated rings. The first-order chi connectivity index (χ1) is 6.78. The Morgan fingerprint density at radius 1 is 1.00 bits per heavy atom. The van der Waals surface area contributed by atoms with Crippen molar-refractivity contribution >= 4 is 0 Å². The highest BCUT2D eigenvalue weighted by Gasteiger charge is 1.96. The maximum absolute atomic E-state index is 8.92. The molecule has 1 N–H and O–H groups in total. The summed E-state index contributed by atoms with van der Waals surface area (Å²) in [6.45, 7) is 6.79. The molecule has 0 unspecified atom stereocenters. The number of aliphatic hydroxyl groups excluding tert-OH is 1. The number of aliphatic hydroxyl groups is 1. The first kappa shape index (κ1) is 13.5. The SMILES string of the molecule is CCCCC(=C=C(CC)CC)CCO. The number of hydrogen-bond acceptors (Lipinski definition) is 1. The molecule has 0 aliphatic heterocycles. The maximum Gasteiger partial charge on any atom is 0.0474 e. The lowest BCUT2D eigenvalue weighted by Gasteiger charge is -2.02. The fraction of sp³-hybridized carbons (Fsp3) is 0.769. The largest absolute Gasteiger partial charge is 0.396 e. The van der Waals surface area contributed by atoms with E-state index in [0.29, 0.717) is 0 Å². The van der Waals surface area contributed by atoms with Crippen LogP contribution in [-0.2, 0) is 0 Å². The van der Waals surface area contributed by atoms with Gasteiger partial charge in [-0.15, -0.1) is 5.73 Å². The third-order valence-electron chi connectivity index (χ3n) is 2.45. The van der Waals surface area contributed by atoms with Crippen molar-refractivity contribution in [3.8, 4) is 0 Å². The smallest absolute Gasteiger partial charge is 0.0474 e. The molecule has 82 valence electrons. The average molecular weight is 196 g/mol. The summed E-state index contributed by atoms with van der Waals surface area (Å²) in [7, 11) is 0. The summed E-state index contributed by atoms with van der Waals surface area (Å²) in [5.41, 5.74) is 6.14. The predicted octanol–water partition coefficient (Wildman–Crippen LogP) is 3.83. The lowest BCUT2D eigenvalue weighted by atomic mass is 10.0. The number of hydrogen-bond donors (Lipinski definition) is 1. The van der Waals surface area contributed by atoms with Gasteiger partial charge in [0.2, 0.25) is 0 Å². The van der Waals surface area contributed by atoms with Crippen molar-refractivity contribution in [2.75, 3.05) is 6.61 Å². The third-order valence-corrected chi connectivity index (χ3v) is 2.45. The Kier molecular flexibility index (Phi) is 8.72. The Hall–Kier alpha value is -0.520. The molecule has 0 amide bonds. The van der Waals surface area contributed by atoms with Crippen molar-refractivity contribution < 1.29 is 5.11 Å². The zero-order chi connectivity index (χ0) is 10.8. The molecule has 0 aromatic rings. The molecule has 0 rings (SSSR count). The molecule has 1 heteroatoms. The van der Waals surface area contributed by atoms with Crippen molar-refractivity contribution in [1.29, 1.82) is 0 Å². The van der Waals surface area contributed by atoms with Gasteiger partial charge in [0, 0.05) is 6.61 Å². The van der Waals surface area contributed by atoms with Gasteiger partial charge in [-0.05, 0) is 43.3 Å². The lowest BCUT2D eigenvalue weighted by Crippen LogP contribution is -1.89.